The third-order valence-corrected chi connectivity index (χ3v) is 3.34. The van der Waals surface area contributed by atoms with E-state index in [1.807, 2.05) is 22.9 Å². The molecule has 3 aromatic rings. The summed E-state index contributed by atoms with van der Waals surface area (Å²) in [6, 6.07) is 12.5. The molecule has 3 rings (SSSR count). The summed E-state index contributed by atoms with van der Waals surface area (Å²) in [5.41, 5.74) is 2.11. The van der Waals surface area contributed by atoms with Crippen molar-refractivity contribution in [3.8, 4) is 0 Å². The summed E-state index contributed by atoms with van der Waals surface area (Å²) < 4.78 is 1.98. The Bertz CT molecular complexity index is 778. The molecule has 0 aliphatic rings. The maximum atomic E-state index is 10.8. The molecular weight excluding hydrogens is 276 g/mol. The van der Waals surface area contributed by atoms with Crippen LogP contribution in [-0.4, -0.2) is 20.6 Å². The predicted octanol–water partition coefficient (Wildman–Crippen LogP) is 3.44. The van der Waals surface area contributed by atoms with E-state index in [0.29, 0.717) is 11.7 Å². The molecule has 0 unspecified atom stereocenters. The molecule has 0 saturated carbocycles. The van der Waals surface area contributed by atoms with Gasteiger partial charge in [0.2, 0.25) is 0 Å². The normalized spacial score (nSPS) is 10.8. The fourth-order valence-corrected chi connectivity index (χ4v) is 2.26. The minimum Gasteiger partial charge on any atom is -0.478 e. The molecule has 20 heavy (non-hydrogen) atoms. The lowest BCUT2D eigenvalue weighted by molar-refractivity contribution is 0.0697. The van der Waals surface area contributed by atoms with Gasteiger partial charge in [-0.2, -0.15) is 0 Å². The molecule has 0 atom stereocenters. The number of carboxylic acid groups (broad SMARTS) is 1. The molecule has 0 radical (unpaired) electrons. The Kier molecular flexibility index (Phi) is 3.16. The van der Waals surface area contributed by atoms with Crippen LogP contribution in [0, 0.1) is 0 Å². The number of pyridine rings is 1. The highest BCUT2D eigenvalue weighted by molar-refractivity contribution is 6.29. The standard InChI is InChI=1S/C15H11ClN2O2/c16-13-6-5-11-7-8-18(14(11)17-13)9-10-1-3-12(4-2-10)15(19)20/h1-8H,9H2,(H,19,20). The molecule has 0 bridgehead atoms. The van der Waals surface area contributed by atoms with Crippen LogP contribution in [-0.2, 0) is 6.54 Å². The highest BCUT2D eigenvalue weighted by Crippen LogP contribution is 2.18. The minimum atomic E-state index is -0.920. The van der Waals surface area contributed by atoms with E-state index < -0.39 is 5.97 Å². The van der Waals surface area contributed by atoms with Gasteiger partial charge in [0.25, 0.3) is 0 Å². The van der Waals surface area contributed by atoms with Crippen molar-refractivity contribution in [1.82, 2.24) is 9.55 Å². The van der Waals surface area contributed by atoms with Gasteiger partial charge in [-0.25, -0.2) is 9.78 Å². The Balaban J connectivity index is 1.92. The molecule has 2 aromatic heterocycles. The number of carbonyl (C=O) groups is 1. The summed E-state index contributed by atoms with van der Waals surface area (Å²) >= 11 is 5.92. The fraction of sp³-hybridized carbons (Fsp3) is 0.0667. The van der Waals surface area contributed by atoms with Crippen LogP contribution in [0.3, 0.4) is 0 Å². The number of nitrogens with zero attached hydrogens (tertiary/aromatic N) is 2. The van der Waals surface area contributed by atoms with E-state index in [4.69, 9.17) is 16.7 Å². The summed E-state index contributed by atoms with van der Waals surface area (Å²) in [4.78, 5) is 15.1. The van der Waals surface area contributed by atoms with Crippen molar-refractivity contribution >= 4 is 28.6 Å². The first-order valence-corrected chi connectivity index (χ1v) is 6.45. The van der Waals surface area contributed by atoms with E-state index in [1.165, 1.54) is 0 Å². The van der Waals surface area contributed by atoms with Gasteiger partial charge < -0.3 is 9.67 Å². The lowest BCUT2D eigenvalue weighted by Crippen LogP contribution is -2.01. The topological polar surface area (TPSA) is 55.1 Å². The van der Waals surface area contributed by atoms with Gasteiger partial charge in [-0.1, -0.05) is 23.7 Å². The molecule has 1 N–H and O–H groups in total. The Morgan fingerprint density at radius 1 is 1.15 bits per heavy atom. The Hall–Kier alpha value is -2.33. The molecule has 0 spiro atoms. The second kappa shape index (κ2) is 4.98. The summed E-state index contributed by atoms with van der Waals surface area (Å²) in [6.07, 6.45) is 1.94. The molecule has 2 heterocycles. The van der Waals surface area contributed by atoms with Gasteiger partial charge in [-0.05, 0) is 35.9 Å². The van der Waals surface area contributed by atoms with Gasteiger partial charge in [-0.3, -0.25) is 0 Å². The second-order valence-corrected chi connectivity index (χ2v) is 4.88. The fourth-order valence-electron chi connectivity index (χ4n) is 2.11. The monoisotopic (exact) mass is 286 g/mol. The van der Waals surface area contributed by atoms with Gasteiger partial charge in [0.15, 0.2) is 0 Å². The van der Waals surface area contributed by atoms with Crippen molar-refractivity contribution in [2.45, 2.75) is 6.54 Å². The van der Waals surface area contributed by atoms with Crippen molar-refractivity contribution in [2.75, 3.05) is 0 Å². The number of fused-ring (bicyclic) bond motifs is 1. The van der Waals surface area contributed by atoms with E-state index in [0.717, 1.165) is 16.6 Å². The summed E-state index contributed by atoms with van der Waals surface area (Å²) in [6.45, 7) is 0.622. The Morgan fingerprint density at radius 3 is 2.60 bits per heavy atom. The van der Waals surface area contributed by atoms with Crippen LogP contribution < -0.4 is 0 Å². The third kappa shape index (κ3) is 2.38. The van der Waals surface area contributed by atoms with E-state index >= 15 is 0 Å². The van der Waals surface area contributed by atoms with Crippen LogP contribution in [0.25, 0.3) is 11.0 Å². The smallest absolute Gasteiger partial charge is 0.335 e. The Morgan fingerprint density at radius 2 is 1.90 bits per heavy atom. The van der Waals surface area contributed by atoms with Gasteiger partial charge in [0, 0.05) is 18.1 Å². The first-order chi connectivity index (χ1) is 9.63. The number of halogens is 1. The van der Waals surface area contributed by atoms with Gasteiger partial charge in [0.1, 0.15) is 10.8 Å². The molecule has 0 aliphatic heterocycles. The van der Waals surface area contributed by atoms with Crippen molar-refractivity contribution in [3.05, 3.63) is 64.9 Å². The number of hydrogen-bond acceptors (Lipinski definition) is 2. The summed E-state index contributed by atoms with van der Waals surface area (Å²) in [7, 11) is 0. The highest BCUT2D eigenvalue weighted by atomic mass is 35.5. The lowest BCUT2D eigenvalue weighted by atomic mass is 10.1. The molecule has 0 aliphatic carbocycles. The minimum absolute atomic E-state index is 0.285. The third-order valence-electron chi connectivity index (χ3n) is 3.13. The molecule has 5 heteroatoms. The maximum absolute atomic E-state index is 10.8. The van der Waals surface area contributed by atoms with Crippen LogP contribution >= 0.6 is 11.6 Å². The summed E-state index contributed by atoms with van der Waals surface area (Å²) in [5, 5.41) is 10.4. The maximum Gasteiger partial charge on any atom is 0.335 e. The predicted molar refractivity (Wildman–Crippen MR) is 77.2 cm³/mol. The largest absolute Gasteiger partial charge is 0.478 e. The van der Waals surface area contributed by atoms with E-state index in [2.05, 4.69) is 4.98 Å². The average Bonchev–Trinajstić information content (AvgIpc) is 2.82. The molecule has 100 valence electrons. The number of hydrogen-bond donors (Lipinski definition) is 1. The van der Waals surface area contributed by atoms with Crippen molar-refractivity contribution in [3.63, 3.8) is 0 Å². The average molecular weight is 287 g/mol. The molecule has 0 saturated heterocycles. The quantitative estimate of drug-likeness (QED) is 0.751. The van der Waals surface area contributed by atoms with Gasteiger partial charge in [-0.15, -0.1) is 0 Å². The number of aromatic nitrogens is 2. The van der Waals surface area contributed by atoms with E-state index in [-0.39, 0.29) is 5.56 Å². The number of carboxylic acids is 1. The number of rotatable bonds is 3. The van der Waals surface area contributed by atoms with Crippen LogP contribution in [0.5, 0.6) is 0 Å². The van der Waals surface area contributed by atoms with Crippen molar-refractivity contribution < 1.29 is 9.90 Å². The zero-order chi connectivity index (χ0) is 14.1. The lowest BCUT2D eigenvalue weighted by Gasteiger charge is -2.05. The zero-order valence-corrected chi connectivity index (χ0v) is 11.2. The number of benzene rings is 1. The van der Waals surface area contributed by atoms with E-state index in [9.17, 15) is 4.79 Å². The van der Waals surface area contributed by atoms with Crippen LogP contribution in [0.4, 0.5) is 0 Å². The van der Waals surface area contributed by atoms with Crippen LogP contribution in [0.15, 0.2) is 48.7 Å². The van der Waals surface area contributed by atoms with Crippen molar-refractivity contribution in [2.24, 2.45) is 0 Å². The molecule has 1 aromatic carbocycles. The van der Waals surface area contributed by atoms with Crippen molar-refractivity contribution in [1.29, 1.82) is 0 Å². The van der Waals surface area contributed by atoms with Crippen LogP contribution in [0.1, 0.15) is 15.9 Å². The zero-order valence-electron chi connectivity index (χ0n) is 10.5. The summed E-state index contributed by atoms with van der Waals surface area (Å²) in [5.74, 6) is -0.920. The first-order valence-electron chi connectivity index (χ1n) is 6.07. The Labute approximate surface area is 120 Å². The second-order valence-electron chi connectivity index (χ2n) is 4.49. The highest BCUT2D eigenvalue weighted by Gasteiger charge is 2.05. The molecular formula is C15H11ClN2O2. The SMILES string of the molecule is O=C(O)c1ccc(Cn2ccc3ccc(Cl)nc32)cc1. The molecule has 0 fully saturated rings. The molecule has 4 nitrogen and oxygen atoms in total. The molecule has 0 amide bonds. The number of aromatic carboxylic acids is 1. The first kappa shape index (κ1) is 12.7. The van der Waals surface area contributed by atoms with E-state index in [1.54, 1.807) is 30.3 Å². The van der Waals surface area contributed by atoms with Crippen LogP contribution in [0.2, 0.25) is 5.15 Å². The van der Waals surface area contributed by atoms with Gasteiger partial charge >= 0.3 is 5.97 Å². The van der Waals surface area contributed by atoms with Gasteiger partial charge in [0.05, 0.1) is 5.56 Å².